The van der Waals surface area contributed by atoms with E-state index in [0.29, 0.717) is 6.54 Å². The van der Waals surface area contributed by atoms with Crippen molar-refractivity contribution in [1.82, 2.24) is 9.97 Å². The third-order valence-corrected chi connectivity index (χ3v) is 2.27. The minimum atomic E-state index is -4.78. The number of aromatic nitrogens is 2. The van der Waals surface area contributed by atoms with Crippen molar-refractivity contribution in [2.24, 2.45) is 0 Å². The zero-order valence-corrected chi connectivity index (χ0v) is 11.2. The number of nitrogens with one attached hydrogen (secondary N) is 2. The zero-order valence-electron chi connectivity index (χ0n) is 11.2. The second-order valence-corrected chi connectivity index (χ2v) is 4.35. The van der Waals surface area contributed by atoms with Gasteiger partial charge in [0.25, 0.3) is 0 Å². The molecular weight excluding hydrogens is 302 g/mol. The van der Waals surface area contributed by atoms with Gasteiger partial charge in [0.05, 0.1) is 6.42 Å². The van der Waals surface area contributed by atoms with Gasteiger partial charge in [0, 0.05) is 18.7 Å². The molecule has 1 aromatic heterocycles. The first-order valence-electron chi connectivity index (χ1n) is 6.04. The average Bonchev–Trinajstić information content (AvgIpc) is 2.24. The molecule has 4 nitrogen and oxygen atoms in total. The van der Waals surface area contributed by atoms with E-state index in [-0.39, 0.29) is 11.6 Å². The Morgan fingerprint density at radius 1 is 1.10 bits per heavy atom. The highest BCUT2D eigenvalue weighted by Crippen LogP contribution is 2.29. The minimum Gasteiger partial charge on any atom is -0.370 e. The highest BCUT2D eigenvalue weighted by molar-refractivity contribution is 5.48. The van der Waals surface area contributed by atoms with Gasteiger partial charge in [0.1, 0.15) is 11.6 Å². The Kier molecular flexibility index (Phi) is 5.24. The number of nitrogens with zero attached hydrogens (tertiary/aromatic N) is 2. The summed E-state index contributed by atoms with van der Waals surface area (Å²) in [4.78, 5) is 6.47. The van der Waals surface area contributed by atoms with Crippen LogP contribution in [0.1, 0.15) is 26.1 Å². The lowest BCUT2D eigenvalue weighted by Crippen LogP contribution is -2.25. The highest BCUT2D eigenvalue weighted by Gasteiger charge is 2.36. The van der Waals surface area contributed by atoms with Gasteiger partial charge < -0.3 is 10.6 Å². The molecule has 21 heavy (non-hydrogen) atoms. The third kappa shape index (κ3) is 6.05. The van der Waals surface area contributed by atoms with Crippen molar-refractivity contribution in [2.45, 2.75) is 38.7 Å². The summed E-state index contributed by atoms with van der Waals surface area (Å²) in [6.07, 6.45) is -10.4. The van der Waals surface area contributed by atoms with Crippen LogP contribution in [0.4, 0.5) is 38.0 Å². The van der Waals surface area contributed by atoms with Gasteiger partial charge in [-0.3, -0.25) is 0 Å². The smallest absolute Gasteiger partial charge is 0.370 e. The van der Waals surface area contributed by atoms with Crippen LogP contribution in [0.3, 0.4) is 0 Å². The minimum absolute atomic E-state index is 0.110. The van der Waals surface area contributed by atoms with Crippen molar-refractivity contribution in [3.05, 3.63) is 11.9 Å². The predicted molar refractivity (Wildman–Crippen MR) is 65.0 cm³/mol. The summed E-state index contributed by atoms with van der Waals surface area (Å²) < 4.78 is 74.5. The molecule has 0 aliphatic rings. The van der Waals surface area contributed by atoms with Crippen molar-refractivity contribution in [2.75, 3.05) is 17.2 Å². The Hall–Kier alpha value is -1.74. The molecule has 0 aliphatic heterocycles. The molecule has 2 N–H and O–H groups in total. The Morgan fingerprint density at radius 3 is 2.14 bits per heavy atom. The fourth-order valence-electron chi connectivity index (χ4n) is 1.57. The third-order valence-electron chi connectivity index (χ3n) is 2.27. The molecule has 0 saturated carbocycles. The van der Waals surface area contributed by atoms with Gasteiger partial charge in [-0.2, -0.15) is 26.3 Å². The lowest BCUT2D eigenvalue weighted by atomic mass is 10.2. The molecule has 0 radical (unpaired) electrons. The van der Waals surface area contributed by atoms with E-state index >= 15 is 0 Å². The van der Waals surface area contributed by atoms with E-state index in [1.165, 1.54) is 6.92 Å². The summed E-state index contributed by atoms with van der Waals surface area (Å²) in [5.41, 5.74) is 0. The monoisotopic (exact) mass is 316 g/mol. The summed E-state index contributed by atoms with van der Waals surface area (Å²) in [6, 6.07) is 0.0153. The topological polar surface area (TPSA) is 49.8 Å². The van der Waals surface area contributed by atoms with Gasteiger partial charge in [-0.15, -0.1) is 0 Å². The first-order valence-corrected chi connectivity index (χ1v) is 6.04. The zero-order chi connectivity index (χ0) is 16.3. The quantitative estimate of drug-likeness (QED) is 0.814. The van der Waals surface area contributed by atoms with Gasteiger partial charge in [0.15, 0.2) is 0 Å². The normalized spacial score (nSPS) is 13.9. The number of anilines is 2. The van der Waals surface area contributed by atoms with Crippen molar-refractivity contribution >= 4 is 11.6 Å². The second-order valence-electron chi connectivity index (χ2n) is 4.35. The van der Waals surface area contributed by atoms with E-state index in [2.05, 4.69) is 20.6 Å². The van der Waals surface area contributed by atoms with Crippen molar-refractivity contribution in [3.63, 3.8) is 0 Å². The van der Waals surface area contributed by atoms with Crippen molar-refractivity contribution in [1.29, 1.82) is 0 Å². The summed E-state index contributed by atoms with van der Waals surface area (Å²) in [6.45, 7) is 3.16. The van der Waals surface area contributed by atoms with E-state index in [1.807, 2.05) is 0 Å². The standard InChI is InChI=1S/C11H14F6N4/c1-3-18-7-4-8(19-6(2)5-10(12,13)14)21-9(20-7)11(15,16)17/h4,6H,3,5H2,1-2H3,(H2,18,19,20,21). The fraction of sp³-hybridized carbons (Fsp3) is 0.636. The summed E-state index contributed by atoms with van der Waals surface area (Å²) >= 11 is 0. The molecule has 0 bridgehead atoms. The van der Waals surface area contributed by atoms with Crippen LogP contribution in [0.5, 0.6) is 0 Å². The van der Waals surface area contributed by atoms with Gasteiger partial charge >= 0.3 is 12.4 Å². The summed E-state index contributed by atoms with van der Waals surface area (Å²) in [5.74, 6) is -1.84. The first-order chi connectivity index (χ1) is 9.51. The Bertz CT molecular complexity index is 471. The number of hydrogen-bond acceptors (Lipinski definition) is 4. The molecule has 120 valence electrons. The number of alkyl halides is 6. The van der Waals surface area contributed by atoms with Crippen LogP contribution in [0.15, 0.2) is 6.07 Å². The molecular formula is C11H14F6N4. The van der Waals surface area contributed by atoms with Crippen LogP contribution in [-0.4, -0.2) is 28.7 Å². The maximum Gasteiger partial charge on any atom is 0.451 e. The molecule has 0 amide bonds. The predicted octanol–water partition coefficient (Wildman–Crippen LogP) is 3.68. The molecule has 0 spiro atoms. The highest BCUT2D eigenvalue weighted by atomic mass is 19.4. The van der Waals surface area contributed by atoms with E-state index in [1.54, 1.807) is 6.92 Å². The van der Waals surface area contributed by atoms with Gasteiger partial charge in [-0.1, -0.05) is 0 Å². The molecule has 1 unspecified atom stereocenters. The molecule has 1 heterocycles. The Labute approximate surface area is 117 Å². The lowest BCUT2D eigenvalue weighted by molar-refractivity contribution is -0.145. The molecule has 0 saturated heterocycles. The van der Waals surface area contributed by atoms with E-state index in [0.717, 1.165) is 6.07 Å². The van der Waals surface area contributed by atoms with Gasteiger partial charge in [0.2, 0.25) is 5.82 Å². The van der Waals surface area contributed by atoms with E-state index in [4.69, 9.17) is 0 Å². The molecule has 1 atom stereocenters. The second kappa shape index (κ2) is 6.35. The SMILES string of the molecule is CCNc1cc(NC(C)CC(F)(F)F)nc(C(F)(F)F)n1. The van der Waals surface area contributed by atoms with Crippen LogP contribution in [0.2, 0.25) is 0 Å². The molecule has 1 aromatic rings. The van der Waals surface area contributed by atoms with Gasteiger partial charge in [-0.25, -0.2) is 9.97 Å². The average molecular weight is 316 g/mol. The fourth-order valence-corrected chi connectivity index (χ4v) is 1.57. The summed E-state index contributed by atoms with van der Waals surface area (Å²) in [7, 11) is 0. The number of halogens is 6. The Balaban J connectivity index is 2.98. The number of rotatable bonds is 5. The molecule has 0 aromatic carbocycles. The first kappa shape index (κ1) is 17.3. The van der Waals surface area contributed by atoms with Crippen LogP contribution in [0, 0.1) is 0 Å². The maximum atomic E-state index is 12.6. The maximum absolute atomic E-state index is 12.6. The van der Waals surface area contributed by atoms with Crippen LogP contribution in [0.25, 0.3) is 0 Å². The molecule has 0 fully saturated rings. The van der Waals surface area contributed by atoms with Crippen LogP contribution >= 0.6 is 0 Å². The summed E-state index contributed by atoms with van der Waals surface area (Å²) in [5, 5.41) is 4.87. The van der Waals surface area contributed by atoms with Crippen molar-refractivity contribution in [3.8, 4) is 0 Å². The Morgan fingerprint density at radius 2 is 1.67 bits per heavy atom. The van der Waals surface area contributed by atoms with E-state index < -0.39 is 30.6 Å². The van der Waals surface area contributed by atoms with Crippen LogP contribution < -0.4 is 10.6 Å². The lowest BCUT2D eigenvalue weighted by Gasteiger charge is -2.18. The van der Waals surface area contributed by atoms with Gasteiger partial charge in [-0.05, 0) is 13.8 Å². The molecule has 0 aliphatic carbocycles. The van der Waals surface area contributed by atoms with Crippen molar-refractivity contribution < 1.29 is 26.3 Å². The van der Waals surface area contributed by atoms with E-state index in [9.17, 15) is 26.3 Å². The molecule has 10 heteroatoms. The molecule has 1 rings (SSSR count). The largest absolute Gasteiger partial charge is 0.451 e. The van der Waals surface area contributed by atoms with Crippen LogP contribution in [-0.2, 0) is 6.18 Å². The number of hydrogen-bond donors (Lipinski definition) is 2.